The van der Waals surface area contributed by atoms with E-state index in [9.17, 15) is 9.59 Å². The van der Waals surface area contributed by atoms with Crippen LogP contribution in [0, 0.1) is 3.57 Å². The third-order valence-electron chi connectivity index (χ3n) is 4.10. The highest BCUT2D eigenvalue weighted by Gasteiger charge is 2.19. The van der Waals surface area contributed by atoms with Crippen molar-refractivity contribution in [1.82, 2.24) is 14.9 Å². The van der Waals surface area contributed by atoms with E-state index < -0.39 is 0 Å². The van der Waals surface area contributed by atoms with Gasteiger partial charge in [-0.1, -0.05) is 12.1 Å². The summed E-state index contributed by atoms with van der Waals surface area (Å²) in [7, 11) is 0. The van der Waals surface area contributed by atoms with Gasteiger partial charge in [0.15, 0.2) is 6.61 Å². The van der Waals surface area contributed by atoms with Crippen LogP contribution in [0.4, 0.5) is 0 Å². The quantitative estimate of drug-likeness (QED) is 0.553. The summed E-state index contributed by atoms with van der Waals surface area (Å²) in [6.45, 7) is 3.98. The second-order valence-electron chi connectivity index (χ2n) is 6.39. The Hall–Kier alpha value is -2.42. The zero-order valence-corrected chi connectivity index (χ0v) is 17.3. The maximum absolute atomic E-state index is 12.7. The van der Waals surface area contributed by atoms with Gasteiger partial charge in [-0.25, -0.2) is 4.98 Å². The lowest BCUT2D eigenvalue weighted by Crippen LogP contribution is -2.40. The molecule has 1 N–H and O–H groups in total. The fourth-order valence-corrected chi connectivity index (χ4v) is 3.05. The van der Waals surface area contributed by atoms with Crippen molar-refractivity contribution >= 4 is 39.4 Å². The lowest BCUT2D eigenvalue weighted by molar-refractivity contribution is -0.135. The van der Waals surface area contributed by atoms with Gasteiger partial charge in [0.1, 0.15) is 11.6 Å². The highest BCUT2D eigenvalue weighted by molar-refractivity contribution is 14.1. The summed E-state index contributed by atoms with van der Waals surface area (Å²) in [5.41, 5.74) is 0.407. The Kier molecular flexibility index (Phi) is 6.10. The average molecular weight is 477 g/mol. The highest BCUT2D eigenvalue weighted by atomic mass is 127. The second kappa shape index (κ2) is 8.51. The molecule has 7 heteroatoms. The van der Waals surface area contributed by atoms with Crippen LogP contribution in [-0.2, 0) is 11.3 Å². The van der Waals surface area contributed by atoms with E-state index in [2.05, 4.69) is 32.6 Å². The van der Waals surface area contributed by atoms with Gasteiger partial charge in [-0.3, -0.25) is 9.59 Å². The Morgan fingerprint density at radius 1 is 1.19 bits per heavy atom. The van der Waals surface area contributed by atoms with E-state index in [1.165, 1.54) is 0 Å². The number of aromatic nitrogens is 2. The van der Waals surface area contributed by atoms with Crippen LogP contribution in [-0.4, -0.2) is 33.4 Å². The second-order valence-corrected chi connectivity index (χ2v) is 7.63. The van der Waals surface area contributed by atoms with Gasteiger partial charge in [0.25, 0.3) is 11.5 Å². The lowest BCUT2D eigenvalue weighted by Gasteiger charge is -2.26. The topological polar surface area (TPSA) is 75.3 Å². The van der Waals surface area contributed by atoms with Crippen LogP contribution in [0.1, 0.15) is 19.7 Å². The third-order valence-corrected chi connectivity index (χ3v) is 4.82. The summed E-state index contributed by atoms with van der Waals surface area (Å²) in [6, 6.07) is 14.6. The number of ether oxygens (including phenoxy) is 1. The summed E-state index contributed by atoms with van der Waals surface area (Å²) < 4.78 is 6.70. The number of halogens is 1. The molecule has 3 rings (SSSR count). The van der Waals surface area contributed by atoms with Crippen LogP contribution in [0.2, 0.25) is 0 Å². The van der Waals surface area contributed by atoms with E-state index >= 15 is 0 Å². The van der Waals surface area contributed by atoms with Crippen LogP contribution in [0.15, 0.2) is 53.3 Å². The number of hydrogen-bond acceptors (Lipinski definition) is 4. The van der Waals surface area contributed by atoms with Crippen molar-refractivity contribution in [3.05, 3.63) is 68.3 Å². The first-order valence-corrected chi connectivity index (χ1v) is 9.67. The van der Waals surface area contributed by atoms with Crippen LogP contribution >= 0.6 is 22.6 Å². The van der Waals surface area contributed by atoms with Crippen molar-refractivity contribution in [3.8, 4) is 5.75 Å². The minimum atomic E-state index is -0.207. The van der Waals surface area contributed by atoms with Crippen molar-refractivity contribution < 1.29 is 9.53 Å². The number of nitrogens with zero attached hydrogens (tertiary/aromatic N) is 2. The maximum atomic E-state index is 12.7. The summed E-state index contributed by atoms with van der Waals surface area (Å²) in [5, 5.41) is 0.533. The number of aromatic amines is 1. The first-order valence-electron chi connectivity index (χ1n) is 8.60. The molecule has 1 heterocycles. The van der Waals surface area contributed by atoms with Crippen molar-refractivity contribution in [3.63, 3.8) is 0 Å². The molecule has 1 amide bonds. The highest BCUT2D eigenvalue weighted by Crippen LogP contribution is 2.14. The van der Waals surface area contributed by atoms with E-state index in [4.69, 9.17) is 4.74 Å². The number of H-pyrrole nitrogens is 1. The zero-order chi connectivity index (χ0) is 19.4. The largest absolute Gasteiger partial charge is 0.484 e. The van der Waals surface area contributed by atoms with Crippen LogP contribution in [0.5, 0.6) is 5.75 Å². The van der Waals surface area contributed by atoms with Gasteiger partial charge in [-0.2, -0.15) is 0 Å². The van der Waals surface area contributed by atoms with E-state index in [1.54, 1.807) is 23.1 Å². The minimum absolute atomic E-state index is 0.0606. The zero-order valence-electron chi connectivity index (χ0n) is 15.1. The Labute approximate surface area is 170 Å². The predicted octanol–water partition coefficient (Wildman–Crippen LogP) is 3.34. The first-order chi connectivity index (χ1) is 12.9. The molecule has 0 aliphatic rings. The van der Waals surface area contributed by atoms with Crippen molar-refractivity contribution in [2.45, 2.75) is 26.4 Å². The standard InChI is InChI=1S/C20H20IN3O3/c1-13(2)24(19(25)12-27-15-9-7-14(21)8-10-15)11-18-22-17-6-4-3-5-16(17)20(26)23-18/h3-10,13H,11-12H2,1-2H3,(H,22,23,26). The third kappa shape index (κ3) is 4.85. The summed E-state index contributed by atoms with van der Waals surface area (Å²) >= 11 is 2.21. The molecule has 6 nitrogen and oxygen atoms in total. The van der Waals surface area contributed by atoms with Gasteiger partial charge in [-0.15, -0.1) is 0 Å². The molecule has 0 saturated heterocycles. The monoisotopic (exact) mass is 477 g/mol. The molecule has 0 fully saturated rings. The van der Waals surface area contributed by atoms with Gasteiger partial charge in [0.2, 0.25) is 0 Å². The minimum Gasteiger partial charge on any atom is -0.484 e. The number of fused-ring (bicyclic) bond motifs is 1. The Balaban J connectivity index is 1.74. The van der Waals surface area contributed by atoms with Gasteiger partial charge < -0.3 is 14.6 Å². The van der Waals surface area contributed by atoms with E-state index in [-0.39, 0.29) is 30.7 Å². The smallest absolute Gasteiger partial charge is 0.261 e. The summed E-state index contributed by atoms with van der Waals surface area (Å²) in [5.74, 6) is 0.930. The molecule has 0 atom stereocenters. The molecule has 0 spiro atoms. The molecule has 0 aliphatic carbocycles. The molecule has 0 aliphatic heterocycles. The Bertz CT molecular complexity index is 999. The SMILES string of the molecule is CC(C)N(Cc1nc2ccccc2c(=O)[nH]1)C(=O)COc1ccc(I)cc1. The molecule has 3 aromatic rings. The van der Waals surface area contributed by atoms with Crippen molar-refractivity contribution in [1.29, 1.82) is 0 Å². The number of carbonyl (C=O) groups excluding carboxylic acids is 1. The van der Waals surface area contributed by atoms with Crippen LogP contribution < -0.4 is 10.3 Å². The van der Waals surface area contributed by atoms with Crippen molar-refractivity contribution in [2.75, 3.05) is 6.61 Å². The maximum Gasteiger partial charge on any atom is 0.261 e. The van der Waals surface area contributed by atoms with Gasteiger partial charge in [0, 0.05) is 9.61 Å². The van der Waals surface area contributed by atoms with Gasteiger partial charge in [-0.05, 0) is 72.8 Å². The molecule has 0 saturated carbocycles. The van der Waals surface area contributed by atoms with Crippen LogP contribution in [0.25, 0.3) is 10.9 Å². The molecular formula is C20H20IN3O3. The number of nitrogens with one attached hydrogen (secondary N) is 1. The van der Waals surface area contributed by atoms with E-state index in [0.717, 1.165) is 3.57 Å². The lowest BCUT2D eigenvalue weighted by atomic mass is 10.2. The van der Waals surface area contributed by atoms with E-state index in [0.29, 0.717) is 22.5 Å². The predicted molar refractivity (Wildman–Crippen MR) is 113 cm³/mol. The number of carbonyl (C=O) groups is 1. The molecule has 0 bridgehead atoms. The number of para-hydroxylation sites is 1. The molecule has 0 unspecified atom stereocenters. The first kappa shape index (κ1) is 19.3. The molecule has 1 aromatic heterocycles. The Morgan fingerprint density at radius 3 is 2.59 bits per heavy atom. The normalized spacial score (nSPS) is 11.0. The van der Waals surface area contributed by atoms with E-state index in [1.807, 2.05) is 44.2 Å². The Morgan fingerprint density at radius 2 is 1.89 bits per heavy atom. The van der Waals surface area contributed by atoms with Gasteiger partial charge in [0.05, 0.1) is 17.4 Å². The molecule has 27 heavy (non-hydrogen) atoms. The number of rotatable bonds is 6. The molecule has 0 radical (unpaired) electrons. The fraction of sp³-hybridized carbons (Fsp3) is 0.250. The van der Waals surface area contributed by atoms with Crippen LogP contribution in [0.3, 0.4) is 0 Å². The average Bonchev–Trinajstić information content (AvgIpc) is 2.65. The molecule has 140 valence electrons. The summed E-state index contributed by atoms with van der Waals surface area (Å²) in [4.78, 5) is 33.8. The number of amides is 1. The van der Waals surface area contributed by atoms with Crippen molar-refractivity contribution in [2.24, 2.45) is 0 Å². The number of hydrogen-bond donors (Lipinski definition) is 1. The molecular weight excluding hydrogens is 457 g/mol. The molecule has 2 aromatic carbocycles. The summed E-state index contributed by atoms with van der Waals surface area (Å²) in [6.07, 6.45) is 0. The fourth-order valence-electron chi connectivity index (χ4n) is 2.69. The van der Waals surface area contributed by atoms with Gasteiger partial charge >= 0.3 is 0 Å². The number of benzene rings is 2.